The smallest absolute Gasteiger partial charge is 0.331 e. The standard InChI is InChI=1S/C14H22N2O4/c1-7(17)10-9-5-8(3-2-4-16-6-15)11(14(19)20)12(9)13(10)18/h6-7,9-10,12-13,17-18H,2-5H2,1H3,(H2,15,16)(H,19,20)/t7-,9-,10-,12?,13?/m1/s1. The molecular weight excluding hydrogens is 260 g/mol. The van der Waals surface area contributed by atoms with E-state index in [1.807, 2.05) is 0 Å². The molecule has 1 fully saturated rings. The van der Waals surface area contributed by atoms with E-state index in [1.165, 1.54) is 6.34 Å². The fourth-order valence-corrected chi connectivity index (χ4v) is 3.75. The molecule has 0 aromatic rings. The first-order valence-corrected chi connectivity index (χ1v) is 7.00. The van der Waals surface area contributed by atoms with Crippen LogP contribution in [-0.4, -0.2) is 46.4 Å². The molecule has 0 bridgehead atoms. The molecular formula is C14H22N2O4. The molecule has 2 rings (SSSR count). The van der Waals surface area contributed by atoms with Gasteiger partial charge in [0, 0.05) is 24.0 Å². The van der Waals surface area contributed by atoms with E-state index in [2.05, 4.69) is 4.99 Å². The minimum Gasteiger partial charge on any atom is -0.478 e. The van der Waals surface area contributed by atoms with Gasteiger partial charge in [-0.25, -0.2) is 4.79 Å². The van der Waals surface area contributed by atoms with Crippen molar-refractivity contribution in [3.8, 4) is 0 Å². The van der Waals surface area contributed by atoms with Crippen LogP contribution in [0.5, 0.6) is 0 Å². The van der Waals surface area contributed by atoms with Crippen molar-refractivity contribution in [2.24, 2.45) is 28.5 Å². The SMILES string of the molecule is C[C@@H](O)[C@H]1C(O)C2C(C(=O)O)=C(CCCN=CN)C[C@@H]21. The molecule has 112 valence electrons. The van der Waals surface area contributed by atoms with Gasteiger partial charge in [-0.3, -0.25) is 4.99 Å². The normalized spacial score (nSPS) is 34.1. The summed E-state index contributed by atoms with van der Waals surface area (Å²) in [6.45, 7) is 2.23. The van der Waals surface area contributed by atoms with Gasteiger partial charge in [0.15, 0.2) is 0 Å². The van der Waals surface area contributed by atoms with Crippen LogP contribution >= 0.6 is 0 Å². The van der Waals surface area contributed by atoms with Crippen LogP contribution in [0, 0.1) is 17.8 Å². The highest BCUT2D eigenvalue weighted by Gasteiger charge is 2.57. The average molecular weight is 282 g/mol. The van der Waals surface area contributed by atoms with E-state index in [-0.39, 0.29) is 17.8 Å². The van der Waals surface area contributed by atoms with Gasteiger partial charge in [0.05, 0.1) is 18.5 Å². The number of carbonyl (C=O) groups is 1. The Morgan fingerprint density at radius 3 is 2.85 bits per heavy atom. The molecule has 1 saturated carbocycles. The maximum absolute atomic E-state index is 11.4. The predicted octanol–water partition coefficient (Wildman–Crippen LogP) is 0.142. The molecule has 5 N–H and O–H groups in total. The Morgan fingerprint density at radius 2 is 2.30 bits per heavy atom. The van der Waals surface area contributed by atoms with Crippen molar-refractivity contribution in [3.05, 3.63) is 11.1 Å². The first kappa shape index (κ1) is 15.0. The van der Waals surface area contributed by atoms with Crippen LogP contribution in [0.3, 0.4) is 0 Å². The number of hydrogen-bond donors (Lipinski definition) is 4. The minimum absolute atomic E-state index is 0.0594. The van der Waals surface area contributed by atoms with Crippen LogP contribution in [0.2, 0.25) is 0 Å². The third-order valence-corrected chi connectivity index (χ3v) is 4.57. The lowest BCUT2D eigenvalue weighted by Gasteiger charge is -2.48. The zero-order valence-corrected chi connectivity index (χ0v) is 11.6. The number of carboxylic acid groups (broad SMARTS) is 1. The molecule has 2 aliphatic carbocycles. The summed E-state index contributed by atoms with van der Waals surface area (Å²) in [4.78, 5) is 15.3. The van der Waals surface area contributed by atoms with E-state index >= 15 is 0 Å². The van der Waals surface area contributed by atoms with Crippen LogP contribution in [0.4, 0.5) is 0 Å². The Kier molecular flexibility index (Phi) is 4.45. The Morgan fingerprint density at radius 1 is 1.60 bits per heavy atom. The first-order chi connectivity index (χ1) is 9.49. The Hall–Kier alpha value is -1.40. The van der Waals surface area contributed by atoms with Crippen LogP contribution in [0.15, 0.2) is 16.1 Å². The fraction of sp³-hybridized carbons (Fsp3) is 0.714. The lowest BCUT2D eigenvalue weighted by atomic mass is 9.60. The third kappa shape index (κ3) is 2.45. The van der Waals surface area contributed by atoms with Gasteiger partial charge in [-0.05, 0) is 32.1 Å². The number of allylic oxidation sites excluding steroid dienone is 1. The number of carboxylic acids is 1. The average Bonchev–Trinajstić information content (AvgIpc) is 2.69. The highest BCUT2D eigenvalue weighted by molar-refractivity contribution is 5.89. The molecule has 2 aliphatic rings. The molecule has 0 aliphatic heterocycles. The van der Waals surface area contributed by atoms with Crippen molar-refractivity contribution in [1.82, 2.24) is 0 Å². The van der Waals surface area contributed by atoms with Crippen molar-refractivity contribution >= 4 is 12.3 Å². The molecule has 0 heterocycles. The highest BCUT2D eigenvalue weighted by atomic mass is 16.4. The van der Waals surface area contributed by atoms with E-state index < -0.39 is 18.2 Å². The summed E-state index contributed by atoms with van der Waals surface area (Å²) in [6, 6.07) is 0. The van der Waals surface area contributed by atoms with Gasteiger partial charge in [0.25, 0.3) is 0 Å². The van der Waals surface area contributed by atoms with Crippen LogP contribution in [-0.2, 0) is 4.79 Å². The number of aliphatic imine (C=N–C) groups is 1. The maximum atomic E-state index is 11.4. The molecule has 5 atom stereocenters. The lowest BCUT2D eigenvalue weighted by molar-refractivity contribution is -0.144. The summed E-state index contributed by atoms with van der Waals surface area (Å²) in [6.07, 6.45) is 1.96. The number of hydrogen-bond acceptors (Lipinski definition) is 4. The first-order valence-electron chi connectivity index (χ1n) is 7.00. The van der Waals surface area contributed by atoms with Crippen LogP contribution in [0.25, 0.3) is 0 Å². The molecule has 20 heavy (non-hydrogen) atoms. The van der Waals surface area contributed by atoms with E-state index in [1.54, 1.807) is 6.92 Å². The van der Waals surface area contributed by atoms with Gasteiger partial charge in [-0.2, -0.15) is 0 Å². The molecule has 0 spiro atoms. The quantitative estimate of drug-likeness (QED) is 0.314. The Balaban J connectivity index is 2.09. The largest absolute Gasteiger partial charge is 0.478 e. The summed E-state index contributed by atoms with van der Waals surface area (Å²) < 4.78 is 0. The van der Waals surface area contributed by atoms with Gasteiger partial charge in [-0.1, -0.05) is 5.57 Å². The van der Waals surface area contributed by atoms with Crippen molar-refractivity contribution < 1.29 is 20.1 Å². The molecule has 6 nitrogen and oxygen atoms in total. The van der Waals surface area contributed by atoms with E-state index in [0.717, 1.165) is 12.0 Å². The van der Waals surface area contributed by atoms with E-state index in [0.29, 0.717) is 25.0 Å². The topological polar surface area (TPSA) is 116 Å². The number of nitrogens with two attached hydrogens (primary N) is 1. The monoisotopic (exact) mass is 282 g/mol. The van der Waals surface area contributed by atoms with Crippen molar-refractivity contribution in [2.45, 2.75) is 38.4 Å². The zero-order chi connectivity index (χ0) is 14.9. The summed E-state index contributed by atoms with van der Waals surface area (Å²) in [5, 5.41) is 29.2. The molecule has 0 saturated heterocycles. The number of nitrogens with zero attached hydrogens (tertiary/aromatic N) is 1. The van der Waals surface area contributed by atoms with Crippen molar-refractivity contribution in [1.29, 1.82) is 0 Å². The third-order valence-electron chi connectivity index (χ3n) is 4.57. The molecule has 6 heteroatoms. The number of aliphatic hydroxyl groups excluding tert-OH is 2. The molecule has 0 radical (unpaired) electrons. The summed E-state index contributed by atoms with van der Waals surface area (Å²) >= 11 is 0. The summed E-state index contributed by atoms with van der Waals surface area (Å²) in [5.41, 5.74) is 6.41. The zero-order valence-electron chi connectivity index (χ0n) is 11.6. The van der Waals surface area contributed by atoms with Gasteiger partial charge in [0.1, 0.15) is 0 Å². The van der Waals surface area contributed by atoms with Crippen LogP contribution < -0.4 is 5.73 Å². The van der Waals surface area contributed by atoms with E-state index in [4.69, 9.17) is 5.73 Å². The number of aliphatic carboxylic acids is 1. The number of fused-ring (bicyclic) bond motifs is 1. The fourth-order valence-electron chi connectivity index (χ4n) is 3.75. The van der Waals surface area contributed by atoms with Gasteiger partial charge in [-0.15, -0.1) is 0 Å². The molecule has 0 aromatic heterocycles. The minimum atomic E-state index is -0.946. The van der Waals surface area contributed by atoms with Crippen molar-refractivity contribution in [2.75, 3.05) is 6.54 Å². The van der Waals surface area contributed by atoms with E-state index in [9.17, 15) is 20.1 Å². The predicted molar refractivity (Wildman–Crippen MR) is 74.2 cm³/mol. The van der Waals surface area contributed by atoms with Gasteiger partial charge < -0.3 is 21.1 Å². The second kappa shape index (κ2) is 5.93. The number of rotatable bonds is 6. The van der Waals surface area contributed by atoms with Gasteiger partial charge in [0.2, 0.25) is 0 Å². The lowest BCUT2D eigenvalue weighted by Crippen LogP contribution is -2.54. The summed E-state index contributed by atoms with van der Waals surface area (Å²) in [5.74, 6) is -1.42. The molecule has 0 aromatic carbocycles. The second-order valence-corrected chi connectivity index (χ2v) is 5.68. The molecule has 0 amide bonds. The van der Waals surface area contributed by atoms with Crippen LogP contribution in [0.1, 0.15) is 26.2 Å². The summed E-state index contributed by atoms with van der Waals surface area (Å²) in [7, 11) is 0. The Labute approximate surface area is 118 Å². The number of aliphatic hydroxyl groups is 2. The highest BCUT2D eigenvalue weighted by Crippen LogP contribution is 2.55. The second-order valence-electron chi connectivity index (χ2n) is 5.68. The Bertz CT molecular complexity index is 444. The van der Waals surface area contributed by atoms with Crippen molar-refractivity contribution in [3.63, 3.8) is 0 Å². The molecule has 2 unspecified atom stereocenters. The maximum Gasteiger partial charge on any atom is 0.331 e. The van der Waals surface area contributed by atoms with Gasteiger partial charge >= 0.3 is 5.97 Å².